The molecule has 0 aliphatic heterocycles. The van der Waals surface area contributed by atoms with Gasteiger partial charge in [0.1, 0.15) is 0 Å². The number of anilines is 2. The zero-order chi connectivity index (χ0) is 37.8. The normalized spacial score (nSPS) is 32.2. The Balaban J connectivity index is 1.19. The summed E-state index contributed by atoms with van der Waals surface area (Å²) < 4.78 is 0. The number of nitrogens with one attached hydrogen (secondary N) is 2. The molecule has 0 amide bonds. The van der Waals surface area contributed by atoms with Crippen molar-refractivity contribution in [3.63, 3.8) is 0 Å². The summed E-state index contributed by atoms with van der Waals surface area (Å²) >= 11 is 0. The quantitative estimate of drug-likeness (QED) is 0.139. The Labute approximate surface area is 333 Å². The van der Waals surface area contributed by atoms with Crippen LogP contribution in [-0.4, -0.2) is 19.2 Å². The third-order valence-corrected chi connectivity index (χ3v) is 20.5. The lowest BCUT2D eigenvalue weighted by molar-refractivity contribution is 0.0105. The summed E-state index contributed by atoms with van der Waals surface area (Å²) in [5.74, 6) is 5.45. The van der Waals surface area contributed by atoms with Gasteiger partial charge in [-0.25, -0.2) is 0 Å². The highest BCUT2D eigenvalue weighted by Crippen LogP contribution is 2.58. The molecule has 0 radical (unpaired) electrons. The van der Waals surface area contributed by atoms with Gasteiger partial charge in [0.15, 0.2) is 8.07 Å². The van der Waals surface area contributed by atoms with Crippen LogP contribution in [0.1, 0.15) is 130 Å². The lowest BCUT2D eigenvalue weighted by Gasteiger charge is -2.57. The average molecular weight is 747 g/mol. The van der Waals surface area contributed by atoms with E-state index in [1.807, 2.05) is 0 Å². The molecule has 4 aromatic rings. The Morgan fingerprint density at radius 2 is 0.727 bits per heavy atom. The van der Waals surface area contributed by atoms with E-state index in [9.17, 15) is 0 Å². The number of benzene rings is 4. The zero-order valence-corrected chi connectivity index (χ0v) is 35.7. The minimum atomic E-state index is -2.87. The number of hydrogen-bond acceptors (Lipinski definition) is 2. The van der Waals surface area contributed by atoms with Gasteiger partial charge in [0.2, 0.25) is 0 Å². The van der Waals surface area contributed by atoms with Crippen LogP contribution in [0.3, 0.4) is 0 Å². The molecule has 4 aromatic carbocycles. The second-order valence-electron chi connectivity index (χ2n) is 22.2. The largest absolute Gasteiger partial charge is 0.380 e. The van der Waals surface area contributed by atoms with Crippen molar-refractivity contribution in [1.82, 2.24) is 0 Å². The molecule has 8 fully saturated rings. The van der Waals surface area contributed by atoms with E-state index in [1.165, 1.54) is 120 Å². The summed E-state index contributed by atoms with van der Waals surface area (Å²) in [4.78, 5) is 0. The molecule has 0 aromatic heterocycles. The summed E-state index contributed by atoms with van der Waals surface area (Å²) in [6.07, 6.45) is 16.9. The molecule has 2 N–H and O–H groups in total. The van der Waals surface area contributed by atoms with E-state index in [2.05, 4.69) is 149 Å². The van der Waals surface area contributed by atoms with Crippen LogP contribution in [-0.2, 0) is 10.8 Å². The van der Waals surface area contributed by atoms with E-state index in [0.717, 1.165) is 35.5 Å². The highest BCUT2D eigenvalue weighted by molar-refractivity contribution is 7.20. The van der Waals surface area contributed by atoms with E-state index >= 15 is 0 Å². The Kier molecular flexibility index (Phi) is 8.43. The van der Waals surface area contributed by atoms with Crippen molar-refractivity contribution in [2.75, 3.05) is 10.6 Å². The van der Waals surface area contributed by atoms with Gasteiger partial charge in [-0.15, -0.1) is 0 Å². The monoisotopic (exact) mass is 746 g/mol. The van der Waals surface area contributed by atoms with Crippen molar-refractivity contribution in [2.24, 2.45) is 35.5 Å². The molecule has 0 heterocycles. The van der Waals surface area contributed by atoms with Crippen LogP contribution in [0.4, 0.5) is 11.4 Å². The summed E-state index contributed by atoms with van der Waals surface area (Å²) in [6.45, 7) is 14.5. The van der Waals surface area contributed by atoms with E-state index in [-0.39, 0.29) is 21.9 Å². The van der Waals surface area contributed by atoms with Crippen LogP contribution in [0.2, 0.25) is 0 Å². The molecule has 0 unspecified atom stereocenters. The molecule has 8 aliphatic rings. The van der Waals surface area contributed by atoms with Gasteiger partial charge in [0.25, 0.3) is 0 Å². The van der Waals surface area contributed by atoms with E-state index in [4.69, 9.17) is 0 Å². The van der Waals surface area contributed by atoms with Crippen LogP contribution in [0.5, 0.6) is 0 Å². The van der Waals surface area contributed by atoms with Gasteiger partial charge in [0.05, 0.1) is 0 Å². The molecule has 288 valence electrons. The fraction of sp³-hybridized carbons (Fsp3) is 0.538. The summed E-state index contributed by atoms with van der Waals surface area (Å²) in [7, 11) is -2.87. The first kappa shape index (κ1) is 36.1. The zero-order valence-electron chi connectivity index (χ0n) is 34.7. The highest BCUT2D eigenvalue weighted by Gasteiger charge is 2.53. The first-order chi connectivity index (χ1) is 26.3. The SMILES string of the molecule is CC(C)(C)c1cc(NC23CC4CC(CC(C4)C2)C3)cc([Si](c2ccccc2)(c2ccccc2)c2cc(NC34CC5CC(CC(C5)C3)C4)cc(C(C)(C)C)c2)c1. The Morgan fingerprint density at radius 1 is 0.418 bits per heavy atom. The van der Waals surface area contributed by atoms with E-state index < -0.39 is 8.07 Å². The lowest BCUT2D eigenvalue weighted by atomic mass is 9.53. The van der Waals surface area contributed by atoms with Gasteiger partial charge in [-0.05, 0) is 180 Å². The van der Waals surface area contributed by atoms with Gasteiger partial charge < -0.3 is 10.6 Å². The number of rotatable bonds is 8. The molecule has 2 nitrogen and oxygen atoms in total. The maximum atomic E-state index is 4.41. The summed E-state index contributed by atoms with van der Waals surface area (Å²) in [5, 5.41) is 14.8. The maximum absolute atomic E-state index is 4.41. The van der Waals surface area contributed by atoms with Crippen molar-refractivity contribution in [1.29, 1.82) is 0 Å². The fourth-order valence-corrected chi connectivity index (χ4v) is 19.1. The molecule has 8 aliphatic carbocycles. The van der Waals surface area contributed by atoms with E-state index in [1.54, 1.807) is 0 Å². The predicted molar refractivity (Wildman–Crippen MR) is 237 cm³/mol. The smallest absolute Gasteiger partial charge is 0.179 e. The topological polar surface area (TPSA) is 24.1 Å². The average Bonchev–Trinajstić information content (AvgIpc) is 3.10. The van der Waals surface area contributed by atoms with Gasteiger partial charge in [-0.3, -0.25) is 0 Å². The lowest BCUT2D eigenvalue weighted by Crippen LogP contribution is -2.75. The van der Waals surface area contributed by atoms with Crippen molar-refractivity contribution in [3.05, 3.63) is 108 Å². The molecule has 0 atom stereocenters. The first-order valence-electron chi connectivity index (χ1n) is 22.3. The first-order valence-corrected chi connectivity index (χ1v) is 24.3. The summed E-state index contributed by atoms with van der Waals surface area (Å²) in [5.41, 5.74) is 6.11. The third-order valence-electron chi connectivity index (χ3n) is 15.8. The van der Waals surface area contributed by atoms with Crippen molar-refractivity contribution in [2.45, 2.75) is 141 Å². The van der Waals surface area contributed by atoms with Crippen LogP contribution in [0.25, 0.3) is 0 Å². The molecule has 3 heteroatoms. The standard InChI is InChI=1S/C52H66N2Si/c1-49(2,3)41-23-43(53-51-29-35-17-36(30-51)19-37(18-35)31-51)27-47(25-41)55(45-13-9-7-10-14-45,46-15-11-8-12-16-46)48-26-42(50(4,5)6)24-44(28-48)54-52-32-38-20-39(33-52)22-40(21-38)34-52/h7-16,23-28,35-40,53-54H,17-22,29-34H2,1-6H3. The highest BCUT2D eigenvalue weighted by atomic mass is 28.3. The van der Waals surface area contributed by atoms with Crippen LogP contribution in [0.15, 0.2) is 97.1 Å². The predicted octanol–water partition coefficient (Wildman–Crippen LogP) is 10.4. The maximum Gasteiger partial charge on any atom is 0.179 e. The molecule has 12 rings (SSSR count). The molecule has 55 heavy (non-hydrogen) atoms. The van der Waals surface area contributed by atoms with Crippen molar-refractivity contribution < 1.29 is 0 Å². The molecule has 0 spiro atoms. The minimum absolute atomic E-state index is 0.0138. The summed E-state index contributed by atoms with van der Waals surface area (Å²) in [6, 6.07) is 39.1. The molecule has 8 saturated carbocycles. The second-order valence-corrected chi connectivity index (χ2v) is 26.0. The Hall–Kier alpha value is -3.30. The molecular weight excluding hydrogens is 681 g/mol. The number of hydrogen-bond donors (Lipinski definition) is 2. The van der Waals surface area contributed by atoms with Gasteiger partial charge >= 0.3 is 0 Å². The van der Waals surface area contributed by atoms with Crippen LogP contribution < -0.4 is 31.4 Å². The Morgan fingerprint density at radius 3 is 1.02 bits per heavy atom. The molecular formula is C52H66N2Si. The van der Waals surface area contributed by atoms with Gasteiger partial charge in [0, 0.05) is 22.5 Å². The minimum Gasteiger partial charge on any atom is -0.380 e. The van der Waals surface area contributed by atoms with Crippen molar-refractivity contribution >= 4 is 40.2 Å². The van der Waals surface area contributed by atoms with Gasteiger partial charge in [-0.1, -0.05) is 114 Å². The third kappa shape index (κ3) is 6.43. The van der Waals surface area contributed by atoms with Crippen LogP contribution >= 0.6 is 0 Å². The second kappa shape index (κ2) is 12.9. The fourth-order valence-electron chi connectivity index (χ4n) is 14.2. The van der Waals surface area contributed by atoms with E-state index in [0.29, 0.717) is 0 Å². The molecule has 0 saturated heterocycles. The molecule has 8 bridgehead atoms. The Bertz CT molecular complexity index is 1830. The van der Waals surface area contributed by atoms with Gasteiger partial charge in [-0.2, -0.15) is 0 Å². The van der Waals surface area contributed by atoms with Crippen LogP contribution in [0, 0.1) is 35.5 Å². The van der Waals surface area contributed by atoms with Crippen molar-refractivity contribution in [3.8, 4) is 0 Å².